The van der Waals surface area contributed by atoms with Crippen LogP contribution in [0.15, 0.2) is 42.5 Å². The zero-order chi connectivity index (χ0) is 11.5. The number of halogens is 3. The average molecular weight is 216 g/mol. The maximum absolute atomic E-state index is 11.9. The van der Waals surface area contributed by atoms with Crippen LogP contribution in [-0.2, 0) is 5.60 Å². The van der Waals surface area contributed by atoms with Gasteiger partial charge in [0, 0.05) is 6.08 Å². The molecule has 0 amide bonds. The minimum absolute atomic E-state index is 0.0417. The van der Waals surface area contributed by atoms with E-state index in [4.69, 9.17) is 0 Å². The summed E-state index contributed by atoms with van der Waals surface area (Å²) in [6.45, 7) is 1.31. The molecule has 1 unspecified atom stereocenters. The lowest BCUT2D eigenvalue weighted by Gasteiger charge is -2.19. The normalized spacial score (nSPS) is 16.6. The maximum atomic E-state index is 11.9. The Morgan fingerprint density at radius 1 is 1.07 bits per heavy atom. The highest BCUT2D eigenvalue weighted by Gasteiger charge is 2.26. The molecule has 0 aromatic heterocycles. The van der Waals surface area contributed by atoms with E-state index in [1.54, 1.807) is 30.3 Å². The van der Waals surface area contributed by atoms with Crippen LogP contribution >= 0.6 is 0 Å². The molecule has 4 heteroatoms. The van der Waals surface area contributed by atoms with Gasteiger partial charge in [-0.25, -0.2) is 0 Å². The fourth-order valence-corrected chi connectivity index (χ4v) is 1.13. The number of alkyl halides is 3. The molecule has 1 N–H and O–H groups in total. The molecule has 1 rings (SSSR count). The van der Waals surface area contributed by atoms with Gasteiger partial charge in [0.05, 0.1) is 0 Å². The highest BCUT2D eigenvalue weighted by Crippen LogP contribution is 2.25. The number of allylic oxidation sites excluding steroid dienone is 1. The molecule has 0 saturated heterocycles. The molecule has 1 atom stereocenters. The van der Waals surface area contributed by atoms with Gasteiger partial charge in [-0.3, -0.25) is 0 Å². The fraction of sp³-hybridized carbons (Fsp3) is 0.273. The summed E-state index contributed by atoms with van der Waals surface area (Å²) in [7, 11) is 0. The molecule has 0 heterocycles. The lowest BCUT2D eigenvalue weighted by Crippen LogP contribution is -2.19. The molecule has 1 aromatic carbocycles. The Morgan fingerprint density at radius 2 is 1.60 bits per heavy atom. The van der Waals surface area contributed by atoms with Crippen molar-refractivity contribution in [3.63, 3.8) is 0 Å². The highest BCUT2D eigenvalue weighted by molar-refractivity contribution is 5.26. The Balaban J connectivity index is 2.90. The van der Waals surface area contributed by atoms with E-state index in [1.807, 2.05) is 0 Å². The van der Waals surface area contributed by atoms with Crippen molar-refractivity contribution >= 4 is 0 Å². The highest BCUT2D eigenvalue weighted by atomic mass is 19.4. The van der Waals surface area contributed by atoms with Gasteiger partial charge in [0.25, 0.3) is 0 Å². The molecule has 0 aliphatic carbocycles. The van der Waals surface area contributed by atoms with E-state index in [9.17, 15) is 18.3 Å². The number of hydrogen-bond donors (Lipinski definition) is 1. The van der Waals surface area contributed by atoms with Gasteiger partial charge in [0.2, 0.25) is 0 Å². The zero-order valence-corrected chi connectivity index (χ0v) is 8.12. The van der Waals surface area contributed by atoms with E-state index in [2.05, 4.69) is 0 Å². The largest absolute Gasteiger partial charge is 0.409 e. The molecule has 1 aromatic rings. The Bertz CT molecular complexity index is 339. The average Bonchev–Trinajstić information content (AvgIpc) is 2.16. The van der Waals surface area contributed by atoms with Crippen LogP contribution in [0.1, 0.15) is 12.5 Å². The van der Waals surface area contributed by atoms with E-state index in [1.165, 1.54) is 6.92 Å². The summed E-state index contributed by atoms with van der Waals surface area (Å²) >= 11 is 0. The summed E-state index contributed by atoms with van der Waals surface area (Å²) in [5, 5.41) is 9.76. The topological polar surface area (TPSA) is 20.2 Å². The quantitative estimate of drug-likeness (QED) is 0.753. The Morgan fingerprint density at radius 3 is 2.07 bits per heavy atom. The van der Waals surface area contributed by atoms with Gasteiger partial charge in [-0.2, -0.15) is 13.2 Å². The van der Waals surface area contributed by atoms with Crippen molar-refractivity contribution in [3.05, 3.63) is 48.0 Å². The molecule has 1 nitrogen and oxygen atoms in total. The number of benzene rings is 1. The monoisotopic (exact) mass is 216 g/mol. The Labute approximate surface area is 85.9 Å². The lowest BCUT2D eigenvalue weighted by molar-refractivity contribution is -0.0813. The van der Waals surface area contributed by atoms with Crippen LogP contribution < -0.4 is 0 Å². The van der Waals surface area contributed by atoms with Gasteiger partial charge in [0.1, 0.15) is 5.60 Å². The summed E-state index contributed by atoms with van der Waals surface area (Å²) in [5.41, 5.74) is -1.18. The van der Waals surface area contributed by atoms with Crippen molar-refractivity contribution in [2.24, 2.45) is 0 Å². The summed E-state index contributed by atoms with van der Waals surface area (Å²) in [4.78, 5) is 0. The van der Waals surface area contributed by atoms with Crippen LogP contribution in [0.3, 0.4) is 0 Å². The van der Waals surface area contributed by atoms with Gasteiger partial charge in [-0.05, 0) is 18.6 Å². The van der Waals surface area contributed by atoms with Gasteiger partial charge in [-0.15, -0.1) is 0 Å². The van der Waals surface area contributed by atoms with E-state index in [0.29, 0.717) is 5.56 Å². The van der Waals surface area contributed by atoms with E-state index >= 15 is 0 Å². The molecule has 15 heavy (non-hydrogen) atoms. The predicted molar refractivity (Wildman–Crippen MR) is 51.2 cm³/mol. The molecule has 0 fully saturated rings. The van der Waals surface area contributed by atoms with Gasteiger partial charge >= 0.3 is 6.18 Å². The first-order valence-corrected chi connectivity index (χ1v) is 4.36. The van der Waals surface area contributed by atoms with Gasteiger partial charge in [-0.1, -0.05) is 30.3 Å². The summed E-state index contributed by atoms with van der Waals surface area (Å²) in [6, 6.07) is 8.19. The molecule has 82 valence electrons. The van der Waals surface area contributed by atoms with E-state index in [-0.39, 0.29) is 6.08 Å². The van der Waals surface area contributed by atoms with Gasteiger partial charge in [0.15, 0.2) is 0 Å². The number of aliphatic hydroxyl groups is 1. The van der Waals surface area contributed by atoms with Crippen LogP contribution in [0.2, 0.25) is 0 Å². The minimum Gasteiger partial charge on any atom is -0.381 e. The third-order valence-electron chi connectivity index (χ3n) is 1.96. The first kappa shape index (κ1) is 11.8. The van der Waals surface area contributed by atoms with Crippen LogP contribution in [-0.4, -0.2) is 11.3 Å². The molecule has 0 saturated carbocycles. The molecular formula is C11H11F3O. The Hall–Kier alpha value is -1.29. The smallest absolute Gasteiger partial charge is 0.381 e. The zero-order valence-electron chi connectivity index (χ0n) is 8.12. The predicted octanol–water partition coefficient (Wildman–Crippen LogP) is 3.01. The molecular weight excluding hydrogens is 205 g/mol. The summed E-state index contributed by atoms with van der Waals surface area (Å²) in [5.74, 6) is 0. The molecule has 0 bridgehead atoms. The minimum atomic E-state index is -4.40. The van der Waals surface area contributed by atoms with Crippen molar-refractivity contribution in [2.45, 2.75) is 18.7 Å². The number of rotatable bonds is 2. The van der Waals surface area contributed by atoms with Crippen LogP contribution in [0.25, 0.3) is 0 Å². The molecule has 0 aliphatic rings. The second kappa shape index (κ2) is 4.06. The van der Waals surface area contributed by atoms with Crippen molar-refractivity contribution in [2.75, 3.05) is 0 Å². The number of hydrogen-bond acceptors (Lipinski definition) is 1. The maximum Gasteiger partial charge on any atom is 0.409 e. The van der Waals surface area contributed by atoms with Crippen molar-refractivity contribution < 1.29 is 18.3 Å². The SMILES string of the molecule is CC(O)(/C=C/C(F)(F)F)c1ccccc1. The summed E-state index contributed by atoms with van der Waals surface area (Å²) < 4.78 is 35.7. The van der Waals surface area contributed by atoms with Crippen molar-refractivity contribution in [1.29, 1.82) is 0 Å². The standard InChI is InChI=1S/C11H11F3O/c1-10(15,7-8-11(12,13)14)9-5-3-2-4-6-9/h2-8,15H,1H3/b8-7+. The molecule has 0 aliphatic heterocycles. The van der Waals surface area contributed by atoms with E-state index < -0.39 is 11.8 Å². The second-order valence-corrected chi connectivity index (χ2v) is 3.39. The Kier molecular flexibility index (Phi) is 3.19. The molecule has 0 radical (unpaired) electrons. The van der Waals surface area contributed by atoms with Crippen molar-refractivity contribution in [1.82, 2.24) is 0 Å². The van der Waals surface area contributed by atoms with Crippen LogP contribution in [0, 0.1) is 0 Å². The van der Waals surface area contributed by atoms with Gasteiger partial charge < -0.3 is 5.11 Å². The third-order valence-corrected chi connectivity index (χ3v) is 1.96. The van der Waals surface area contributed by atoms with Crippen LogP contribution in [0.4, 0.5) is 13.2 Å². The first-order chi connectivity index (χ1) is 6.81. The third kappa shape index (κ3) is 3.75. The molecule has 0 spiro atoms. The van der Waals surface area contributed by atoms with Crippen molar-refractivity contribution in [3.8, 4) is 0 Å². The second-order valence-electron chi connectivity index (χ2n) is 3.39. The lowest BCUT2D eigenvalue weighted by atomic mass is 9.96. The van der Waals surface area contributed by atoms with E-state index in [0.717, 1.165) is 6.08 Å². The van der Waals surface area contributed by atoms with Crippen LogP contribution in [0.5, 0.6) is 0 Å². The summed E-state index contributed by atoms with van der Waals surface area (Å²) in [6.07, 6.45) is -3.62. The first-order valence-electron chi connectivity index (χ1n) is 4.36. The fourth-order valence-electron chi connectivity index (χ4n) is 1.13.